The van der Waals surface area contributed by atoms with E-state index in [0.29, 0.717) is 17.8 Å². The van der Waals surface area contributed by atoms with E-state index in [-0.39, 0.29) is 6.54 Å². The smallest absolute Gasteiger partial charge is 0.489 e. The number of carbonyl (C=O) groups excluding carboxylic acids is 1. The van der Waals surface area contributed by atoms with Crippen molar-refractivity contribution in [1.29, 1.82) is 0 Å². The first-order chi connectivity index (χ1) is 12.8. The van der Waals surface area contributed by atoms with E-state index in [9.17, 15) is 9.82 Å². The van der Waals surface area contributed by atoms with E-state index < -0.39 is 24.9 Å². The van der Waals surface area contributed by atoms with E-state index in [0.717, 1.165) is 11.1 Å². The van der Waals surface area contributed by atoms with E-state index in [1.54, 1.807) is 26.8 Å². The van der Waals surface area contributed by atoms with Gasteiger partial charge in [-0.25, -0.2) is 4.79 Å². The topological polar surface area (TPSA) is 77.0 Å². The Balaban J connectivity index is 1.67. The van der Waals surface area contributed by atoms with Crippen LogP contribution in [0, 0.1) is 0 Å². The minimum atomic E-state index is -1.10. The number of alkyl carbamates (subject to hydrolysis) is 1. The molecule has 1 atom stereocenters. The molecular formula is C20H24BNO5. The summed E-state index contributed by atoms with van der Waals surface area (Å²) in [5.74, 6) is 0.573. The number of amides is 1. The maximum Gasteiger partial charge on any atom is 0.495 e. The van der Waals surface area contributed by atoms with Crippen LogP contribution in [0.2, 0.25) is 0 Å². The molecule has 0 saturated heterocycles. The Morgan fingerprint density at radius 3 is 2.63 bits per heavy atom. The zero-order valence-electron chi connectivity index (χ0n) is 15.8. The van der Waals surface area contributed by atoms with Crippen molar-refractivity contribution in [2.45, 2.75) is 39.1 Å². The highest BCUT2D eigenvalue weighted by Crippen LogP contribution is 2.27. The van der Waals surface area contributed by atoms with Gasteiger partial charge in [0.05, 0.1) is 6.10 Å². The van der Waals surface area contributed by atoms with Crippen LogP contribution in [0.4, 0.5) is 4.79 Å². The first kappa shape index (κ1) is 19.3. The standard InChI is InChI=1S/C20H24BNO5/c1-20(2,3)26-19(23)22-12-17-15-10-7-11-16(18(15)21(24)27-17)25-13-14-8-5-4-6-9-14/h4-11,17,24H,12-13H2,1-3H3,(H,22,23). The molecule has 2 aromatic rings. The number of hydrogen-bond donors (Lipinski definition) is 2. The zero-order chi connectivity index (χ0) is 19.4. The average Bonchev–Trinajstić information content (AvgIpc) is 2.94. The number of rotatable bonds is 5. The summed E-state index contributed by atoms with van der Waals surface area (Å²) in [6.07, 6.45) is -0.992. The van der Waals surface area contributed by atoms with Crippen LogP contribution in [-0.4, -0.2) is 30.4 Å². The molecule has 0 radical (unpaired) electrons. The molecule has 1 heterocycles. The molecule has 0 spiro atoms. The first-order valence-corrected chi connectivity index (χ1v) is 8.93. The van der Waals surface area contributed by atoms with Crippen molar-refractivity contribution in [1.82, 2.24) is 5.32 Å². The van der Waals surface area contributed by atoms with Crippen LogP contribution in [-0.2, 0) is 16.0 Å². The highest BCUT2D eigenvalue weighted by atomic mass is 16.6. The summed E-state index contributed by atoms with van der Waals surface area (Å²) < 4.78 is 16.7. The van der Waals surface area contributed by atoms with E-state index in [2.05, 4.69) is 5.32 Å². The summed E-state index contributed by atoms with van der Waals surface area (Å²) in [4.78, 5) is 11.9. The second-order valence-corrected chi connectivity index (χ2v) is 7.39. The Bertz CT molecular complexity index is 791. The van der Waals surface area contributed by atoms with Gasteiger partial charge >= 0.3 is 13.2 Å². The van der Waals surface area contributed by atoms with Crippen LogP contribution in [0.5, 0.6) is 5.75 Å². The fourth-order valence-corrected chi connectivity index (χ4v) is 2.91. The van der Waals surface area contributed by atoms with Gasteiger partial charge in [0.1, 0.15) is 18.0 Å². The largest absolute Gasteiger partial charge is 0.495 e. The summed E-state index contributed by atoms with van der Waals surface area (Å²) in [7, 11) is -1.10. The summed E-state index contributed by atoms with van der Waals surface area (Å²) in [6.45, 7) is 5.99. The number of benzene rings is 2. The number of nitrogens with one attached hydrogen (secondary N) is 1. The van der Waals surface area contributed by atoms with Gasteiger partial charge in [-0.3, -0.25) is 0 Å². The molecule has 6 nitrogen and oxygen atoms in total. The van der Waals surface area contributed by atoms with E-state index >= 15 is 0 Å². The normalized spacial score (nSPS) is 16.0. The van der Waals surface area contributed by atoms with Crippen molar-refractivity contribution in [3.05, 3.63) is 59.7 Å². The van der Waals surface area contributed by atoms with Gasteiger partial charge < -0.3 is 24.5 Å². The molecule has 1 aliphatic rings. The second kappa shape index (κ2) is 8.02. The molecule has 2 N–H and O–H groups in total. The minimum Gasteiger partial charge on any atom is -0.489 e. The summed E-state index contributed by atoms with van der Waals surface area (Å²) >= 11 is 0. The van der Waals surface area contributed by atoms with Gasteiger partial charge in [-0.1, -0.05) is 42.5 Å². The lowest BCUT2D eigenvalue weighted by molar-refractivity contribution is 0.0498. The quantitative estimate of drug-likeness (QED) is 0.793. The Kier molecular flexibility index (Phi) is 5.72. The van der Waals surface area contributed by atoms with Crippen molar-refractivity contribution < 1.29 is 23.9 Å². The van der Waals surface area contributed by atoms with Gasteiger partial charge in [0.2, 0.25) is 0 Å². The van der Waals surface area contributed by atoms with Crippen LogP contribution in [0.15, 0.2) is 48.5 Å². The number of ether oxygens (including phenoxy) is 2. The lowest BCUT2D eigenvalue weighted by Crippen LogP contribution is -2.35. The van der Waals surface area contributed by atoms with Gasteiger partial charge in [-0.05, 0) is 38.0 Å². The third-order valence-corrected chi connectivity index (χ3v) is 4.05. The summed E-state index contributed by atoms with van der Waals surface area (Å²) in [5, 5.41) is 13.0. The molecule has 0 bridgehead atoms. The van der Waals surface area contributed by atoms with E-state index in [1.165, 1.54) is 0 Å². The molecule has 142 valence electrons. The predicted octanol–water partition coefficient (Wildman–Crippen LogP) is 2.55. The third kappa shape index (κ3) is 5.02. The Labute approximate surface area is 159 Å². The Hall–Kier alpha value is -2.51. The molecule has 27 heavy (non-hydrogen) atoms. The molecule has 7 heteroatoms. The van der Waals surface area contributed by atoms with E-state index in [1.807, 2.05) is 42.5 Å². The summed E-state index contributed by atoms with van der Waals surface area (Å²) in [5.41, 5.74) is 1.86. The van der Waals surface area contributed by atoms with Crippen LogP contribution in [0.1, 0.15) is 38.0 Å². The lowest BCUT2D eigenvalue weighted by Gasteiger charge is -2.21. The highest BCUT2D eigenvalue weighted by Gasteiger charge is 2.38. The van der Waals surface area contributed by atoms with Crippen LogP contribution < -0.4 is 15.5 Å². The SMILES string of the molecule is CC(C)(C)OC(=O)NCC1OB(O)c2c(OCc3ccccc3)cccc21. The van der Waals surface area contributed by atoms with Crippen LogP contribution >= 0.6 is 0 Å². The second-order valence-electron chi connectivity index (χ2n) is 7.39. The number of carbonyl (C=O) groups is 1. The Morgan fingerprint density at radius 2 is 1.93 bits per heavy atom. The van der Waals surface area contributed by atoms with Crippen molar-refractivity contribution in [3.8, 4) is 5.75 Å². The monoisotopic (exact) mass is 369 g/mol. The Morgan fingerprint density at radius 1 is 1.19 bits per heavy atom. The molecule has 3 rings (SSSR count). The first-order valence-electron chi connectivity index (χ1n) is 8.93. The van der Waals surface area contributed by atoms with Crippen molar-refractivity contribution in [2.75, 3.05) is 6.54 Å². The van der Waals surface area contributed by atoms with Crippen LogP contribution in [0.3, 0.4) is 0 Å². The maximum absolute atomic E-state index is 11.9. The highest BCUT2D eigenvalue weighted by molar-refractivity contribution is 6.62. The van der Waals surface area contributed by atoms with Crippen LogP contribution in [0.25, 0.3) is 0 Å². The molecular weight excluding hydrogens is 345 g/mol. The average molecular weight is 369 g/mol. The van der Waals surface area contributed by atoms with Gasteiger partial charge in [0, 0.05) is 12.0 Å². The van der Waals surface area contributed by atoms with Crippen molar-refractivity contribution >= 4 is 18.7 Å². The molecule has 0 saturated carbocycles. The van der Waals surface area contributed by atoms with Gasteiger partial charge in [-0.15, -0.1) is 0 Å². The zero-order valence-corrected chi connectivity index (χ0v) is 15.8. The third-order valence-electron chi connectivity index (χ3n) is 4.05. The van der Waals surface area contributed by atoms with E-state index in [4.69, 9.17) is 14.1 Å². The van der Waals surface area contributed by atoms with Crippen molar-refractivity contribution in [2.24, 2.45) is 0 Å². The fraction of sp³-hybridized carbons (Fsp3) is 0.350. The molecule has 1 aliphatic heterocycles. The van der Waals surface area contributed by atoms with Gasteiger partial charge in [0.15, 0.2) is 0 Å². The molecule has 0 aromatic heterocycles. The van der Waals surface area contributed by atoms with Crippen molar-refractivity contribution in [3.63, 3.8) is 0 Å². The summed E-state index contributed by atoms with van der Waals surface area (Å²) in [6, 6.07) is 15.3. The number of fused-ring (bicyclic) bond motifs is 1. The predicted molar refractivity (Wildman–Crippen MR) is 103 cm³/mol. The molecule has 2 aromatic carbocycles. The fourth-order valence-electron chi connectivity index (χ4n) is 2.91. The molecule has 0 aliphatic carbocycles. The van der Waals surface area contributed by atoms with Gasteiger partial charge in [-0.2, -0.15) is 0 Å². The number of hydrogen-bond acceptors (Lipinski definition) is 5. The molecule has 1 unspecified atom stereocenters. The maximum atomic E-state index is 11.9. The van der Waals surface area contributed by atoms with Gasteiger partial charge in [0.25, 0.3) is 0 Å². The molecule has 0 fully saturated rings. The lowest BCUT2D eigenvalue weighted by atomic mass is 9.78. The molecule has 1 amide bonds. The minimum absolute atomic E-state index is 0.196.